The van der Waals surface area contributed by atoms with E-state index in [-0.39, 0.29) is 17.6 Å². The van der Waals surface area contributed by atoms with Crippen LogP contribution >= 0.6 is 11.6 Å². The number of aryl methyl sites for hydroxylation is 1. The van der Waals surface area contributed by atoms with Crippen LogP contribution in [0.3, 0.4) is 0 Å². The molecule has 2 aromatic rings. The van der Waals surface area contributed by atoms with Gasteiger partial charge in [0.25, 0.3) is 5.91 Å². The second-order valence-corrected chi connectivity index (χ2v) is 8.03. The Balaban J connectivity index is 1.33. The zero-order valence-corrected chi connectivity index (χ0v) is 16.7. The van der Waals surface area contributed by atoms with Crippen LogP contribution in [-0.2, 0) is 19.5 Å². The molecule has 1 amide bonds. The quantitative estimate of drug-likeness (QED) is 0.828. The molecule has 2 aliphatic heterocycles. The standard InChI is InChI=1S/C20H26ClN5O2/c21-17-8-2-1-7-16(17)19(27)22-15-6-5-10-24(14-15)12-13-26-20(28)25-11-4-3-9-18(25)23-26/h1-2,7-8,15H,3-6,9-14H2,(H,22,27). The molecule has 1 saturated heterocycles. The number of aromatic nitrogens is 3. The highest BCUT2D eigenvalue weighted by Crippen LogP contribution is 2.16. The van der Waals surface area contributed by atoms with Crippen molar-refractivity contribution in [3.05, 3.63) is 51.2 Å². The minimum atomic E-state index is -0.129. The average Bonchev–Trinajstić information content (AvgIpc) is 3.03. The third-order valence-electron chi connectivity index (χ3n) is 5.62. The zero-order valence-electron chi connectivity index (χ0n) is 15.9. The van der Waals surface area contributed by atoms with E-state index in [4.69, 9.17) is 11.6 Å². The highest BCUT2D eigenvalue weighted by atomic mass is 35.5. The third-order valence-corrected chi connectivity index (χ3v) is 5.95. The van der Waals surface area contributed by atoms with Crippen molar-refractivity contribution in [2.45, 2.75) is 51.2 Å². The number of likely N-dealkylation sites (tertiary alicyclic amines) is 1. The SMILES string of the molecule is O=C(NC1CCCN(CCn2nc3n(c2=O)CCCC3)C1)c1ccccc1Cl. The molecule has 4 rings (SSSR count). The Kier molecular flexibility index (Phi) is 5.82. The summed E-state index contributed by atoms with van der Waals surface area (Å²) in [5.41, 5.74) is 0.520. The van der Waals surface area contributed by atoms with E-state index in [1.807, 2.05) is 16.7 Å². The Labute approximate surface area is 169 Å². The normalized spacial score (nSPS) is 20.0. The monoisotopic (exact) mass is 403 g/mol. The van der Waals surface area contributed by atoms with Gasteiger partial charge in [-0.25, -0.2) is 9.48 Å². The van der Waals surface area contributed by atoms with Crippen LogP contribution in [0.4, 0.5) is 0 Å². The minimum absolute atomic E-state index is 0.00952. The van der Waals surface area contributed by atoms with Crippen LogP contribution in [0.25, 0.3) is 0 Å². The first-order chi connectivity index (χ1) is 13.6. The van der Waals surface area contributed by atoms with Gasteiger partial charge in [-0.2, -0.15) is 5.10 Å². The molecule has 150 valence electrons. The number of piperidine rings is 1. The lowest BCUT2D eigenvalue weighted by Gasteiger charge is -2.33. The van der Waals surface area contributed by atoms with E-state index >= 15 is 0 Å². The highest BCUT2D eigenvalue weighted by Gasteiger charge is 2.23. The van der Waals surface area contributed by atoms with E-state index in [1.165, 1.54) is 0 Å². The molecule has 0 bridgehead atoms. The third kappa shape index (κ3) is 4.15. The van der Waals surface area contributed by atoms with E-state index < -0.39 is 0 Å². The number of nitrogens with one attached hydrogen (secondary N) is 1. The summed E-state index contributed by atoms with van der Waals surface area (Å²) in [6, 6.07) is 7.19. The summed E-state index contributed by atoms with van der Waals surface area (Å²) in [4.78, 5) is 27.3. The lowest BCUT2D eigenvalue weighted by atomic mass is 10.0. The molecule has 0 radical (unpaired) electrons. The van der Waals surface area contributed by atoms with E-state index in [1.54, 1.807) is 16.8 Å². The maximum Gasteiger partial charge on any atom is 0.345 e. The van der Waals surface area contributed by atoms with E-state index in [2.05, 4.69) is 15.3 Å². The predicted octanol–water partition coefficient (Wildman–Crippen LogP) is 1.93. The van der Waals surface area contributed by atoms with Gasteiger partial charge in [0.05, 0.1) is 17.1 Å². The van der Waals surface area contributed by atoms with Gasteiger partial charge in [-0.1, -0.05) is 23.7 Å². The molecule has 1 atom stereocenters. The average molecular weight is 404 g/mol. The number of hydrogen-bond acceptors (Lipinski definition) is 4. The van der Waals surface area contributed by atoms with Gasteiger partial charge in [-0.05, 0) is 44.4 Å². The van der Waals surface area contributed by atoms with E-state index in [0.717, 1.165) is 64.1 Å². The molecule has 1 aromatic carbocycles. The number of nitrogens with zero attached hydrogens (tertiary/aromatic N) is 4. The van der Waals surface area contributed by atoms with Crippen LogP contribution in [0.15, 0.2) is 29.1 Å². The van der Waals surface area contributed by atoms with Crippen LogP contribution in [0, 0.1) is 0 Å². The topological polar surface area (TPSA) is 72.2 Å². The molecule has 1 unspecified atom stereocenters. The predicted molar refractivity (Wildman–Crippen MR) is 108 cm³/mol. The van der Waals surface area contributed by atoms with Crippen LogP contribution < -0.4 is 11.0 Å². The number of halogens is 1. The molecule has 0 spiro atoms. The van der Waals surface area contributed by atoms with Crippen molar-refractivity contribution in [1.82, 2.24) is 24.6 Å². The molecule has 0 aliphatic carbocycles. The summed E-state index contributed by atoms with van der Waals surface area (Å²) in [6.45, 7) is 3.88. The molecule has 1 fully saturated rings. The molecule has 0 saturated carbocycles. The van der Waals surface area contributed by atoms with Crippen molar-refractivity contribution in [2.24, 2.45) is 0 Å². The summed E-state index contributed by atoms with van der Waals surface area (Å²) < 4.78 is 3.42. The van der Waals surface area contributed by atoms with Crippen LogP contribution in [0.5, 0.6) is 0 Å². The van der Waals surface area contributed by atoms with Gasteiger partial charge in [0.1, 0.15) is 5.82 Å². The fourth-order valence-corrected chi connectivity index (χ4v) is 4.34. The van der Waals surface area contributed by atoms with Crippen molar-refractivity contribution >= 4 is 17.5 Å². The van der Waals surface area contributed by atoms with Crippen molar-refractivity contribution in [3.8, 4) is 0 Å². The van der Waals surface area contributed by atoms with Gasteiger partial charge < -0.3 is 5.32 Å². The molecular formula is C20H26ClN5O2. The Morgan fingerprint density at radius 1 is 1.18 bits per heavy atom. The Hall–Kier alpha value is -2.12. The van der Waals surface area contributed by atoms with Crippen molar-refractivity contribution in [3.63, 3.8) is 0 Å². The Bertz CT molecular complexity index is 906. The molecule has 7 nitrogen and oxygen atoms in total. The molecule has 2 aliphatic rings. The molecule has 1 N–H and O–H groups in total. The van der Waals surface area contributed by atoms with Gasteiger partial charge in [-0.15, -0.1) is 0 Å². The maximum absolute atomic E-state index is 12.5. The van der Waals surface area contributed by atoms with Crippen LogP contribution in [0.1, 0.15) is 41.9 Å². The smallest absolute Gasteiger partial charge is 0.345 e. The molecular weight excluding hydrogens is 378 g/mol. The fraction of sp³-hybridized carbons (Fsp3) is 0.550. The summed E-state index contributed by atoms with van der Waals surface area (Å²) in [5.74, 6) is 0.787. The summed E-state index contributed by atoms with van der Waals surface area (Å²) >= 11 is 6.13. The first-order valence-corrected chi connectivity index (χ1v) is 10.4. The molecule has 28 heavy (non-hydrogen) atoms. The first kappa shape index (κ1) is 19.2. The van der Waals surface area contributed by atoms with Crippen LogP contribution in [-0.4, -0.2) is 50.8 Å². The largest absolute Gasteiger partial charge is 0.348 e. The second-order valence-electron chi connectivity index (χ2n) is 7.62. The lowest BCUT2D eigenvalue weighted by Crippen LogP contribution is -2.48. The fourth-order valence-electron chi connectivity index (χ4n) is 4.12. The Morgan fingerprint density at radius 3 is 2.86 bits per heavy atom. The number of benzene rings is 1. The molecule has 3 heterocycles. The number of carbonyl (C=O) groups excluding carboxylic acids is 1. The van der Waals surface area contributed by atoms with Gasteiger partial charge in [0, 0.05) is 32.1 Å². The lowest BCUT2D eigenvalue weighted by molar-refractivity contribution is 0.0901. The summed E-state index contributed by atoms with van der Waals surface area (Å²) in [6.07, 6.45) is 5.02. The number of carbonyl (C=O) groups is 1. The summed E-state index contributed by atoms with van der Waals surface area (Å²) in [7, 11) is 0. The van der Waals surface area contributed by atoms with Gasteiger partial charge >= 0.3 is 5.69 Å². The number of fused-ring (bicyclic) bond motifs is 1. The number of hydrogen-bond donors (Lipinski definition) is 1. The highest BCUT2D eigenvalue weighted by molar-refractivity contribution is 6.33. The van der Waals surface area contributed by atoms with Gasteiger partial charge in [0.15, 0.2) is 0 Å². The van der Waals surface area contributed by atoms with Gasteiger partial charge in [-0.3, -0.25) is 14.3 Å². The summed E-state index contributed by atoms with van der Waals surface area (Å²) in [5, 5.41) is 8.08. The van der Waals surface area contributed by atoms with Crippen molar-refractivity contribution < 1.29 is 4.79 Å². The molecule has 1 aromatic heterocycles. The van der Waals surface area contributed by atoms with E-state index in [0.29, 0.717) is 17.1 Å². The second kappa shape index (κ2) is 8.49. The number of amides is 1. The van der Waals surface area contributed by atoms with Crippen LogP contribution in [0.2, 0.25) is 5.02 Å². The minimum Gasteiger partial charge on any atom is -0.348 e. The van der Waals surface area contributed by atoms with Crippen molar-refractivity contribution in [1.29, 1.82) is 0 Å². The Morgan fingerprint density at radius 2 is 2.04 bits per heavy atom. The molecule has 8 heteroatoms. The first-order valence-electron chi connectivity index (χ1n) is 10.1. The van der Waals surface area contributed by atoms with Gasteiger partial charge in [0.2, 0.25) is 0 Å². The number of rotatable bonds is 5. The maximum atomic E-state index is 12.5. The van der Waals surface area contributed by atoms with Crippen molar-refractivity contribution in [2.75, 3.05) is 19.6 Å². The zero-order chi connectivity index (χ0) is 19.5. The van der Waals surface area contributed by atoms with E-state index in [9.17, 15) is 9.59 Å².